The average Bonchev–Trinajstić information content (AvgIpc) is 0.804. The van der Waals surface area contributed by atoms with Gasteiger partial charge in [0.15, 0.2) is 0 Å². The van der Waals surface area contributed by atoms with Crippen molar-refractivity contribution in [3.05, 3.63) is 167 Å². The number of hydrogen-bond acceptors (Lipinski definition) is 10. The Hall–Kier alpha value is -5.08. The molecule has 0 saturated heterocycles. The van der Waals surface area contributed by atoms with Gasteiger partial charge >= 0.3 is 0 Å². The van der Waals surface area contributed by atoms with Crippen LogP contribution in [0.5, 0.6) is 0 Å². The molecule has 0 aliphatic heterocycles. The molecule has 0 amide bonds. The van der Waals surface area contributed by atoms with Crippen LogP contribution in [-0.4, -0.2) is 118 Å². The molecule has 0 fully saturated rings. The van der Waals surface area contributed by atoms with Gasteiger partial charge in [-0.2, -0.15) is 0 Å². The maximum Gasteiger partial charge on any atom is 0.0205 e. The van der Waals surface area contributed by atoms with E-state index < -0.39 is 0 Å². The molecule has 0 aliphatic carbocycles. The molecule has 6 aromatic carbocycles. The molecule has 2 unspecified atom stereocenters. The molecule has 0 aliphatic rings. The molecule has 10 nitrogen and oxygen atoms in total. The van der Waals surface area contributed by atoms with Crippen LogP contribution in [-0.2, 0) is 36.8 Å². The smallest absolute Gasteiger partial charge is 0.0205 e. The van der Waals surface area contributed by atoms with Crippen LogP contribution in [0.1, 0.15) is 246 Å². The van der Waals surface area contributed by atoms with Crippen molar-refractivity contribution in [2.45, 2.75) is 249 Å². The Morgan fingerprint density at radius 1 is 0.236 bits per heavy atom. The van der Waals surface area contributed by atoms with Gasteiger partial charge in [0.2, 0.25) is 0 Å². The van der Waals surface area contributed by atoms with Crippen molar-refractivity contribution in [3.8, 4) is 44.5 Å². The molecule has 6 aromatic rings. The minimum Gasteiger partial charge on any atom is -0.317 e. The Bertz CT molecular complexity index is 2910. The number of aryl methyl sites for hydroxylation is 2. The molecule has 0 saturated carbocycles. The van der Waals surface area contributed by atoms with Crippen molar-refractivity contribution in [2.24, 2.45) is 23.7 Å². The van der Waals surface area contributed by atoms with E-state index in [2.05, 4.69) is 284 Å². The lowest BCUT2D eigenvalue weighted by molar-refractivity contribution is 0.445. The van der Waals surface area contributed by atoms with Gasteiger partial charge in [-0.25, -0.2) is 0 Å². The second-order valence-corrected chi connectivity index (χ2v) is 33.2. The van der Waals surface area contributed by atoms with Gasteiger partial charge in [-0.05, 0) is 319 Å². The van der Waals surface area contributed by atoms with E-state index in [-0.39, 0.29) is 10.8 Å². The number of nitrogens with one attached hydrogen (secondary N) is 10. The second-order valence-electron chi connectivity index (χ2n) is 33.2. The van der Waals surface area contributed by atoms with E-state index in [4.69, 9.17) is 0 Å². The third kappa shape index (κ3) is 39.5. The average molecular weight is 1450 g/mol. The van der Waals surface area contributed by atoms with E-state index in [1.807, 2.05) is 0 Å². The van der Waals surface area contributed by atoms with Gasteiger partial charge in [-0.1, -0.05) is 270 Å². The largest absolute Gasteiger partial charge is 0.317 e. The molecule has 10 heteroatoms. The lowest BCUT2D eigenvalue weighted by Gasteiger charge is -2.22. The number of hydrogen-bond donors (Lipinski definition) is 10. The zero-order chi connectivity index (χ0) is 76.3. The van der Waals surface area contributed by atoms with Crippen LogP contribution in [0, 0.1) is 23.7 Å². The molecular formula is C96H158N10. The number of unbranched alkanes of at least 4 members (excludes halogenated alkanes) is 4. The van der Waals surface area contributed by atoms with Crippen molar-refractivity contribution >= 4 is 0 Å². The summed E-state index contributed by atoms with van der Waals surface area (Å²) in [6.45, 7) is 54.0. The van der Waals surface area contributed by atoms with E-state index in [9.17, 15) is 0 Å². The molecular weight excluding hydrogens is 1290 g/mol. The highest BCUT2D eigenvalue weighted by Gasteiger charge is 2.19. The highest BCUT2D eigenvalue weighted by Crippen LogP contribution is 2.36. The predicted octanol–water partition coefficient (Wildman–Crippen LogP) is 20.3. The molecule has 6 rings (SSSR count). The molecule has 592 valence electrons. The first-order chi connectivity index (χ1) is 51.5. The lowest BCUT2D eigenvalue weighted by atomic mass is 9.83. The maximum absolute atomic E-state index is 3.64. The van der Waals surface area contributed by atoms with Crippen molar-refractivity contribution in [1.29, 1.82) is 0 Å². The van der Waals surface area contributed by atoms with Crippen molar-refractivity contribution in [2.75, 3.05) is 118 Å². The number of benzene rings is 6. The summed E-state index contributed by atoms with van der Waals surface area (Å²) in [6, 6.07) is 51.4. The zero-order valence-corrected chi connectivity index (χ0v) is 70.3. The van der Waals surface area contributed by atoms with Crippen LogP contribution in [0.4, 0.5) is 0 Å². The molecule has 0 spiro atoms. The first kappa shape index (κ1) is 91.5. The zero-order valence-electron chi connectivity index (χ0n) is 70.3. The molecule has 0 heterocycles. The van der Waals surface area contributed by atoms with Crippen LogP contribution < -0.4 is 53.2 Å². The van der Waals surface area contributed by atoms with Gasteiger partial charge in [-0.15, -0.1) is 0 Å². The molecule has 106 heavy (non-hydrogen) atoms. The summed E-state index contributed by atoms with van der Waals surface area (Å²) < 4.78 is 0. The standard InChI is InChI=1S/C49H81N5.C47H77N5/c1-8-40(9-2)37-52-31-15-28-50-27-14-12-13-18-42-19-23-44(24-20-42)46-34-47(36-48(35-46)49(5,6)7)45-25-21-43(22-26-45)39-54-33-17-30-51-29-16-32-53-38-41(10-3)11-4;1-8-38(3)35-50-29-13-26-48-25-12-10-11-16-40-17-21-42(22-18-40)44-32-45(34-46(33-44)47(5,6)7)43-23-19-41(20-24-43)37-52-31-15-28-49-27-14-30-51-36-39(4)9-2/h19-26,34-36,40-41,50-54H,8-18,27-33,37-39H2,1-7H3;17-24,32-34,38-39,48-52H,8-16,25-31,35-37H2,1-7H3. The third-order valence-electron chi connectivity index (χ3n) is 21.8. The summed E-state index contributed by atoms with van der Waals surface area (Å²) in [5.74, 6) is 3.22. The fraction of sp³-hybridized carbons (Fsp3) is 0.625. The maximum atomic E-state index is 3.64. The second kappa shape index (κ2) is 55.3. The summed E-state index contributed by atoms with van der Waals surface area (Å²) in [4.78, 5) is 0. The molecule has 2 atom stereocenters. The predicted molar refractivity (Wildman–Crippen MR) is 468 cm³/mol. The Labute approximate surface area is 651 Å². The molecule has 10 N–H and O–H groups in total. The third-order valence-corrected chi connectivity index (χ3v) is 21.8. The Morgan fingerprint density at radius 2 is 0.481 bits per heavy atom. The highest BCUT2D eigenvalue weighted by atomic mass is 14.9. The fourth-order valence-corrected chi connectivity index (χ4v) is 13.4. The Balaban J connectivity index is 0.000000381. The summed E-state index contributed by atoms with van der Waals surface area (Å²) in [5, 5.41) is 36.1. The Morgan fingerprint density at radius 3 is 0.745 bits per heavy atom. The first-order valence-electron chi connectivity index (χ1n) is 43.2. The van der Waals surface area contributed by atoms with Gasteiger partial charge in [0.05, 0.1) is 0 Å². The summed E-state index contributed by atoms with van der Waals surface area (Å²) >= 11 is 0. The lowest BCUT2D eigenvalue weighted by Crippen LogP contribution is -2.27. The van der Waals surface area contributed by atoms with Crippen LogP contribution in [0.3, 0.4) is 0 Å². The fourth-order valence-electron chi connectivity index (χ4n) is 13.4. The summed E-state index contributed by atoms with van der Waals surface area (Å²) in [6.07, 6.45) is 24.6. The van der Waals surface area contributed by atoms with Gasteiger partial charge < -0.3 is 53.2 Å². The van der Waals surface area contributed by atoms with Crippen molar-refractivity contribution in [3.63, 3.8) is 0 Å². The van der Waals surface area contributed by atoms with Crippen LogP contribution in [0.25, 0.3) is 44.5 Å². The van der Waals surface area contributed by atoms with E-state index in [1.165, 1.54) is 187 Å². The number of rotatable bonds is 58. The van der Waals surface area contributed by atoms with Gasteiger partial charge in [0.25, 0.3) is 0 Å². The molecule has 0 radical (unpaired) electrons. The topological polar surface area (TPSA) is 120 Å². The molecule has 0 aromatic heterocycles. The van der Waals surface area contributed by atoms with E-state index in [1.54, 1.807) is 0 Å². The minimum atomic E-state index is 0.0753. The monoisotopic (exact) mass is 1450 g/mol. The quantitative estimate of drug-likeness (QED) is 0.0169. The van der Waals surface area contributed by atoms with E-state index in [0.717, 1.165) is 174 Å². The van der Waals surface area contributed by atoms with Gasteiger partial charge in [-0.3, -0.25) is 0 Å². The van der Waals surface area contributed by atoms with Crippen molar-refractivity contribution in [1.82, 2.24) is 53.2 Å². The summed E-state index contributed by atoms with van der Waals surface area (Å²) in [7, 11) is 0. The highest BCUT2D eigenvalue weighted by molar-refractivity contribution is 5.76. The molecule has 0 bridgehead atoms. The van der Waals surface area contributed by atoms with Gasteiger partial charge in [0.1, 0.15) is 0 Å². The van der Waals surface area contributed by atoms with E-state index in [0.29, 0.717) is 0 Å². The van der Waals surface area contributed by atoms with Crippen LogP contribution >= 0.6 is 0 Å². The minimum absolute atomic E-state index is 0.0753. The Kier molecular flexibility index (Phi) is 47.8. The van der Waals surface area contributed by atoms with Gasteiger partial charge in [0, 0.05) is 13.1 Å². The normalized spacial score (nSPS) is 12.5. The SMILES string of the molecule is CCC(C)CNCCCNCCCCCc1ccc(-c2cc(-c3ccc(CNCCCNCCCNCC(C)CC)cc3)cc(C(C)(C)C)c2)cc1.CCC(CC)CNCCCNCCCCCc1ccc(-c2cc(-c3ccc(CNCCCNCCCNCC(CC)CC)cc3)cc(C(C)(C)C)c2)cc1. The van der Waals surface area contributed by atoms with Crippen LogP contribution in [0.15, 0.2) is 133 Å². The first-order valence-corrected chi connectivity index (χ1v) is 43.2. The van der Waals surface area contributed by atoms with E-state index >= 15 is 0 Å². The summed E-state index contributed by atoms with van der Waals surface area (Å²) in [5.41, 5.74) is 18.8. The van der Waals surface area contributed by atoms with Crippen molar-refractivity contribution < 1.29 is 0 Å². The van der Waals surface area contributed by atoms with Crippen LogP contribution in [0.2, 0.25) is 0 Å².